The van der Waals surface area contributed by atoms with Gasteiger partial charge in [-0.15, -0.1) is 0 Å². The van der Waals surface area contributed by atoms with Crippen molar-refractivity contribution in [2.24, 2.45) is 0 Å². The zero-order valence-electron chi connectivity index (χ0n) is 17.6. The molecule has 0 unspecified atom stereocenters. The number of benzene rings is 2. The van der Waals surface area contributed by atoms with Gasteiger partial charge in [-0.2, -0.15) is 0 Å². The Morgan fingerprint density at radius 1 is 0.714 bits per heavy atom. The first-order valence-electron chi connectivity index (χ1n) is 9.32. The molecule has 0 aromatic heterocycles. The number of rotatable bonds is 4. The first-order valence-corrected chi connectivity index (χ1v) is 17.5. The summed E-state index contributed by atoms with van der Waals surface area (Å²) < 4.78 is 0. The van der Waals surface area contributed by atoms with Crippen LogP contribution in [0.15, 0.2) is 60.7 Å². The maximum absolute atomic E-state index is 11.9. The van der Waals surface area contributed by atoms with Crippen LogP contribution < -0.4 is 0 Å². The molecule has 2 rings (SSSR count). The Bertz CT molecular complexity index is 641. The van der Waals surface area contributed by atoms with E-state index >= 15 is 0 Å². The molecule has 0 bridgehead atoms. The number of hydrogen-bond acceptors (Lipinski definition) is 1. The van der Waals surface area contributed by atoms with Crippen molar-refractivity contribution in [2.75, 3.05) is 6.16 Å². The Balaban J connectivity index is 0.000000892. The molecular weight excluding hydrogens is 465 g/mol. The first-order chi connectivity index (χ1) is 12.8. The fraction of sp³-hybridized carbons (Fsp3) is 0.455. The molecule has 0 amide bonds. The van der Waals surface area contributed by atoms with Crippen molar-refractivity contribution in [3.63, 3.8) is 0 Å². The van der Waals surface area contributed by atoms with E-state index in [0.717, 1.165) is 17.3 Å². The van der Waals surface area contributed by atoms with Gasteiger partial charge >= 0.3 is 42.6 Å². The number of halogens is 3. The van der Waals surface area contributed by atoms with Gasteiger partial charge in [0.2, 0.25) is 0 Å². The van der Waals surface area contributed by atoms with Gasteiger partial charge in [-0.05, 0) is 52.7 Å². The summed E-state index contributed by atoms with van der Waals surface area (Å²) in [4.78, 5) is 0. The van der Waals surface area contributed by atoms with Crippen molar-refractivity contribution in [3.8, 4) is 0 Å². The molecule has 1 N–H and O–H groups in total. The molecule has 2 aromatic carbocycles. The Hall–Kier alpha value is 0.414. The zero-order valence-corrected chi connectivity index (χ0v) is 22.4. The molecule has 0 spiro atoms. The standard InChI is InChI=1S/C22H31OP.3ClH.Ti/c1-20(2,3)24(21(4,5)6)17-22(23,18-13-9-7-10-14-18)19-15-11-8-12-16-19;;;;/h7-16,23H,17H2,1-6H3;3*1H;/q;;;;+3/p-2. The summed E-state index contributed by atoms with van der Waals surface area (Å²) in [6.07, 6.45) is 0.804. The molecule has 6 heteroatoms. The van der Waals surface area contributed by atoms with E-state index in [-0.39, 0.29) is 10.3 Å². The molecule has 0 radical (unpaired) electrons. The quantitative estimate of drug-likeness (QED) is 0.337. The fourth-order valence-electron chi connectivity index (χ4n) is 3.71. The second-order valence-electron chi connectivity index (χ2n) is 8.96. The van der Waals surface area contributed by atoms with Gasteiger partial charge in [0.05, 0.1) is 16.5 Å². The van der Waals surface area contributed by atoms with Crippen LogP contribution in [0.5, 0.6) is 0 Å². The topological polar surface area (TPSA) is 20.2 Å². The van der Waals surface area contributed by atoms with Crippen molar-refractivity contribution in [2.45, 2.75) is 57.5 Å². The SMILES string of the molecule is CC(C)(C)[PH+](CC(O)(c1ccccc1)c1ccccc1)C(C)(C)C.[Cl][Ti]([Cl])[Cl]. The van der Waals surface area contributed by atoms with Gasteiger partial charge in [0.15, 0.2) is 0 Å². The third-order valence-corrected chi connectivity index (χ3v) is 9.23. The van der Waals surface area contributed by atoms with Crippen LogP contribution in [0.2, 0.25) is 0 Å². The average Bonchev–Trinajstić information content (AvgIpc) is 2.58. The van der Waals surface area contributed by atoms with Crippen LogP contribution in [0.25, 0.3) is 0 Å². The second kappa shape index (κ2) is 11.2. The third-order valence-electron chi connectivity index (χ3n) is 4.75. The van der Waals surface area contributed by atoms with Gasteiger partial charge in [-0.1, -0.05) is 60.7 Å². The van der Waals surface area contributed by atoms with Crippen LogP contribution in [-0.2, 0) is 20.3 Å². The van der Waals surface area contributed by atoms with Crippen LogP contribution in [0, 0.1) is 0 Å². The molecule has 0 atom stereocenters. The summed E-state index contributed by atoms with van der Waals surface area (Å²) >= 11 is -1.92. The van der Waals surface area contributed by atoms with E-state index in [1.54, 1.807) is 0 Å². The molecule has 0 aliphatic carbocycles. The van der Waals surface area contributed by atoms with Crippen molar-refractivity contribution in [1.82, 2.24) is 0 Å². The van der Waals surface area contributed by atoms with Crippen molar-refractivity contribution < 1.29 is 19.8 Å². The van der Waals surface area contributed by atoms with Gasteiger partial charge in [-0.25, -0.2) is 0 Å². The zero-order chi connectivity index (χ0) is 21.6. The molecule has 1 nitrogen and oxygen atoms in total. The van der Waals surface area contributed by atoms with Crippen LogP contribution in [0.4, 0.5) is 0 Å². The van der Waals surface area contributed by atoms with E-state index in [9.17, 15) is 5.11 Å². The van der Waals surface area contributed by atoms with Gasteiger partial charge in [0.25, 0.3) is 0 Å². The number of hydrogen-bond donors (Lipinski definition) is 1. The van der Waals surface area contributed by atoms with E-state index < -0.39 is 28.2 Å². The molecule has 0 fully saturated rings. The Kier molecular flexibility index (Phi) is 10.5. The second-order valence-corrected chi connectivity index (χ2v) is 21.0. The Labute approximate surface area is 190 Å². The van der Waals surface area contributed by atoms with Crippen LogP contribution >= 0.6 is 35.8 Å². The first kappa shape index (κ1) is 26.4. The van der Waals surface area contributed by atoms with E-state index in [4.69, 9.17) is 27.9 Å². The molecule has 0 saturated carbocycles. The maximum atomic E-state index is 11.9. The predicted octanol–water partition coefficient (Wildman–Crippen LogP) is 7.80. The van der Waals surface area contributed by atoms with E-state index in [1.165, 1.54) is 0 Å². The minimum atomic E-state index is -1.92. The normalized spacial score (nSPS) is 12.4. The minimum absolute atomic E-state index is 0.209. The van der Waals surface area contributed by atoms with Crippen molar-refractivity contribution in [1.29, 1.82) is 0 Å². The molecular formula is C22H32Cl3OPTi+. The summed E-state index contributed by atoms with van der Waals surface area (Å²) in [7, 11) is 14.0. The molecule has 0 heterocycles. The fourth-order valence-corrected chi connectivity index (χ4v) is 7.94. The number of aliphatic hydroxyl groups is 1. The summed E-state index contributed by atoms with van der Waals surface area (Å²) in [5.41, 5.74) is 1.05. The van der Waals surface area contributed by atoms with Gasteiger partial charge < -0.3 is 5.11 Å². The Morgan fingerprint density at radius 2 is 1.00 bits per heavy atom. The molecule has 155 valence electrons. The van der Waals surface area contributed by atoms with Crippen molar-refractivity contribution in [3.05, 3.63) is 71.8 Å². The molecule has 0 aliphatic heterocycles. The van der Waals surface area contributed by atoms with Gasteiger partial charge in [-0.3, -0.25) is 0 Å². The van der Waals surface area contributed by atoms with E-state index in [1.807, 2.05) is 36.4 Å². The van der Waals surface area contributed by atoms with Gasteiger partial charge in [0, 0.05) is 7.92 Å². The molecule has 0 aliphatic rings. The average molecular weight is 498 g/mol. The molecule has 28 heavy (non-hydrogen) atoms. The van der Waals surface area contributed by atoms with Gasteiger partial charge in [0.1, 0.15) is 5.60 Å². The summed E-state index contributed by atoms with van der Waals surface area (Å²) in [6.45, 7) is 13.9. The monoisotopic (exact) mass is 496 g/mol. The van der Waals surface area contributed by atoms with Crippen molar-refractivity contribution >= 4 is 35.8 Å². The van der Waals surface area contributed by atoms with E-state index in [0.29, 0.717) is 0 Å². The summed E-state index contributed by atoms with van der Waals surface area (Å²) in [6, 6.07) is 20.3. The summed E-state index contributed by atoms with van der Waals surface area (Å²) in [5, 5.41) is 12.3. The molecule has 2 aromatic rings. The third kappa shape index (κ3) is 8.27. The van der Waals surface area contributed by atoms with E-state index in [2.05, 4.69) is 65.8 Å². The predicted molar refractivity (Wildman–Crippen MR) is 126 cm³/mol. The summed E-state index contributed by atoms with van der Waals surface area (Å²) in [5.74, 6) is 0. The van der Waals surface area contributed by atoms with Crippen LogP contribution in [0.3, 0.4) is 0 Å². The Morgan fingerprint density at radius 3 is 1.25 bits per heavy atom. The van der Waals surface area contributed by atoms with Crippen LogP contribution in [-0.4, -0.2) is 21.6 Å². The van der Waals surface area contributed by atoms with Crippen LogP contribution in [0.1, 0.15) is 52.7 Å². The molecule has 0 saturated heterocycles.